The molecule has 0 saturated carbocycles. The number of benzene rings is 2. The average Bonchev–Trinajstić information content (AvgIpc) is 2.50. The Labute approximate surface area is 120 Å². The van der Waals surface area contributed by atoms with Crippen molar-refractivity contribution in [2.45, 2.75) is 12.8 Å². The van der Waals surface area contributed by atoms with Gasteiger partial charge in [0.1, 0.15) is 5.75 Å². The first-order chi connectivity index (χ1) is 10.0. The predicted molar refractivity (Wildman–Crippen MR) is 72.0 cm³/mol. The predicted octanol–water partition coefficient (Wildman–Crippen LogP) is 3.93. The summed E-state index contributed by atoms with van der Waals surface area (Å²) in [4.78, 5) is 11.9. The SMILES string of the molecule is COc1cccc(CCC(=O)c2cc(F)c(F)c(F)c2)c1. The van der Waals surface area contributed by atoms with E-state index in [-0.39, 0.29) is 12.0 Å². The molecule has 0 fully saturated rings. The number of rotatable bonds is 5. The lowest BCUT2D eigenvalue weighted by Crippen LogP contribution is -2.04. The van der Waals surface area contributed by atoms with Gasteiger partial charge in [-0.1, -0.05) is 12.1 Å². The molecule has 0 atom stereocenters. The Bertz CT molecular complexity index is 645. The molecule has 2 aromatic carbocycles. The zero-order valence-electron chi connectivity index (χ0n) is 11.3. The molecule has 0 aliphatic carbocycles. The van der Waals surface area contributed by atoms with Crippen molar-refractivity contribution in [2.75, 3.05) is 7.11 Å². The number of hydrogen-bond donors (Lipinski definition) is 0. The van der Waals surface area contributed by atoms with Crippen LogP contribution in [-0.2, 0) is 6.42 Å². The second kappa shape index (κ2) is 6.43. The average molecular weight is 294 g/mol. The molecule has 0 saturated heterocycles. The van der Waals surface area contributed by atoms with E-state index in [0.717, 1.165) is 5.56 Å². The molecule has 0 spiro atoms. The van der Waals surface area contributed by atoms with Crippen LogP contribution in [0.15, 0.2) is 36.4 Å². The number of ketones is 1. The molecule has 2 aromatic rings. The highest BCUT2D eigenvalue weighted by atomic mass is 19.2. The summed E-state index contributed by atoms with van der Waals surface area (Å²) < 4.78 is 44.1. The lowest BCUT2D eigenvalue weighted by atomic mass is 10.0. The van der Waals surface area contributed by atoms with Crippen LogP contribution in [0.1, 0.15) is 22.3 Å². The van der Waals surface area contributed by atoms with E-state index in [1.807, 2.05) is 6.07 Å². The third kappa shape index (κ3) is 3.62. The Kier molecular flexibility index (Phi) is 4.62. The smallest absolute Gasteiger partial charge is 0.194 e. The summed E-state index contributed by atoms with van der Waals surface area (Å²) in [6, 6.07) is 8.59. The van der Waals surface area contributed by atoms with E-state index in [1.165, 1.54) is 7.11 Å². The van der Waals surface area contributed by atoms with E-state index in [2.05, 4.69) is 0 Å². The Morgan fingerprint density at radius 1 is 1.10 bits per heavy atom. The fraction of sp³-hybridized carbons (Fsp3) is 0.188. The minimum atomic E-state index is -1.57. The first kappa shape index (κ1) is 15.1. The molecular formula is C16H13F3O2. The van der Waals surface area contributed by atoms with Gasteiger partial charge < -0.3 is 4.74 Å². The van der Waals surface area contributed by atoms with Crippen LogP contribution >= 0.6 is 0 Å². The summed E-state index contributed by atoms with van der Waals surface area (Å²) in [6.07, 6.45) is 0.467. The van der Waals surface area contributed by atoms with Crippen molar-refractivity contribution in [3.63, 3.8) is 0 Å². The first-order valence-corrected chi connectivity index (χ1v) is 6.32. The molecule has 0 heterocycles. The minimum Gasteiger partial charge on any atom is -0.497 e. The van der Waals surface area contributed by atoms with Gasteiger partial charge in [0.15, 0.2) is 23.2 Å². The molecule has 0 aromatic heterocycles. The zero-order valence-corrected chi connectivity index (χ0v) is 11.3. The lowest BCUT2D eigenvalue weighted by Gasteiger charge is -2.05. The highest BCUT2D eigenvalue weighted by Gasteiger charge is 2.15. The summed E-state index contributed by atoms with van der Waals surface area (Å²) in [6.45, 7) is 0. The van der Waals surface area contributed by atoms with Crippen LogP contribution in [0, 0.1) is 17.5 Å². The fourth-order valence-electron chi connectivity index (χ4n) is 1.95. The first-order valence-electron chi connectivity index (χ1n) is 6.32. The number of Topliss-reactive ketones (excluding diaryl/α,β-unsaturated/α-hetero) is 1. The molecule has 0 bridgehead atoms. The van der Waals surface area contributed by atoms with E-state index >= 15 is 0 Å². The third-order valence-corrected chi connectivity index (χ3v) is 3.08. The van der Waals surface area contributed by atoms with Crippen LogP contribution in [0.3, 0.4) is 0 Å². The monoisotopic (exact) mass is 294 g/mol. The molecule has 21 heavy (non-hydrogen) atoms. The van der Waals surface area contributed by atoms with Crippen LogP contribution in [0.5, 0.6) is 5.75 Å². The van der Waals surface area contributed by atoms with Gasteiger partial charge in [-0.25, -0.2) is 13.2 Å². The van der Waals surface area contributed by atoms with Gasteiger partial charge in [-0.15, -0.1) is 0 Å². The number of halogens is 3. The number of methoxy groups -OCH3 is 1. The number of hydrogen-bond acceptors (Lipinski definition) is 2. The Balaban J connectivity index is 2.08. The van der Waals surface area contributed by atoms with Gasteiger partial charge in [0.25, 0.3) is 0 Å². The van der Waals surface area contributed by atoms with Crippen molar-refractivity contribution in [1.29, 1.82) is 0 Å². The van der Waals surface area contributed by atoms with Crippen molar-refractivity contribution < 1.29 is 22.7 Å². The molecule has 0 amide bonds. The van der Waals surface area contributed by atoms with Gasteiger partial charge in [0.2, 0.25) is 0 Å². The maximum Gasteiger partial charge on any atom is 0.194 e. The maximum atomic E-state index is 13.1. The van der Waals surface area contributed by atoms with Crippen molar-refractivity contribution in [3.8, 4) is 5.75 Å². The number of carbonyl (C=O) groups is 1. The maximum absolute atomic E-state index is 13.1. The Hall–Kier alpha value is -2.30. The van der Waals surface area contributed by atoms with Gasteiger partial charge in [0, 0.05) is 12.0 Å². The molecule has 2 rings (SSSR count). The topological polar surface area (TPSA) is 26.3 Å². The summed E-state index contributed by atoms with van der Waals surface area (Å²) in [5.74, 6) is -4.08. The van der Waals surface area contributed by atoms with E-state index < -0.39 is 23.2 Å². The molecule has 2 nitrogen and oxygen atoms in total. The lowest BCUT2D eigenvalue weighted by molar-refractivity contribution is 0.0981. The Morgan fingerprint density at radius 3 is 2.38 bits per heavy atom. The molecule has 0 unspecified atom stereocenters. The highest BCUT2D eigenvalue weighted by Crippen LogP contribution is 2.17. The van der Waals surface area contributed by atoms with Crippen LogP contribution in [0.2, 0.25) is 0 Å². The molecule has 0 N–H and O–H groups in total. The van der Waals surface area contributed by atoms with Crippen LogP contribution < -0.4 is 4.74 Å². The molecule has 5 heteroatoms. The molecule has 0 radical (unpaired) electrons. The van der Waals surface area contributed by atoms with Crippen molar-refractivity contribution in [1.82, 2.24) is 0 Å². The second-order valence-corrected chi connectivity index (χ2v) is 4.53. The summed E-state index contributed by atoms with van der Waals surface area (Å²) in [5, 5.41) is 0. The van der Waals surface area contributed by atoms with Crippen molar-refractivity contribution in [2.24, 2.45) is 0 Å². The zero-order chi connectivity index (χ0) is 15.4. The molecule has 110 valence electrons. The molecule has 0 aliphatic heterocycles. The normalized spacial score (nSPS) is 10.5. The fourth-order valence-corrected chi connectivity index (χ4v) is 1.95. The molecule has 0 aliphatic rings. The number of carbonyl (C=O) groups excluding carboxylic acids is 1. The summed E-state index contributed by atoms with van der Waals surface area (Å²) in [5.41, 5.74) is 0.694. The van der Waals surface area contributed by atoms with Gasteiger partial charge in [-0.05, 0) is 36.2 Å². The second-order valence-electron chi connectivity index (χ2n) is 4.53. The van der Waals surface area contributed by atoms with Crippen LogP contribution in [0.25, 0.3) is 0 Å². The molecular weight excluding hydrogens is 281 g/mol. The van der Waals surface area contributed by atoms with E-state index in [0.29, 0.717) is 24.3 Å². The number of aryl methyl sites for hydroxylation is 1. The van der Waals surface area contributed by atoms with Gasteiger partial charge >= 0.3 is 0 Å². The van der Waals surface area contributed by atoms with Crippen molar-refractivity contribution >= 4 is 5.78 Å². The van der Waals surface area contributed by atoms with Gasteiger partial charge in [-0.3, -0.25) is 4.79 Å². The van der Waals surface area contributed by atoms with Crippen LogP contribution in [0.4, 0.5) is 13.2 Å². The van der Waals surface area contributed by atoms with Gasteiger partial charge in [0.05, 0.1) is 7.11 Å². The van der Waals surface area contributed by atoms with E-state index in [1.54, 1.807) is 18.2 Å². The third-order valence-electron chi connectivity index (χ3n) is 3.08. The largest absolute Gasteiger partial charge is 0.497 e. The minimum absolute atomic E-state index is 0.0671. The number of ether oxygens (including phenoxy) is 1. The summed E-state index contributed by atoms with van der Waals surface area (Å²) in [7, 11) is 1.54. The van der Waals surface area contributed by atoms with Crippen molar-refractivity contribution in [3.05, 3.63) is 65.0 Å². The Morgan fingerprint density at radius 2 is 1.76 bits per heavy atom. The van der Waals surface area contributed by atoms with Crippen LogP contribution in [-0.4, -0.2) is 12.9 Å². The van der Waals surface area contributed by atoms with Gasteiger partial charge in [-0.2, -0.15) is 0 Å². The highest BCUT2D eigenvalue weighted by molar-refractivity contribution is 5.96. The summed E-state index contributed by atoms with van der Waals surface area (Å²) >= 11 is 0. The van der Waals surface area contributed by atoms with E-state index in [9.17, 15) is 18.0 Å². The standard InChI is InChI=1S/C16H13F3O2/c1-21-12-4-2-3-10(7-12)5-6-15(20)11-8-13(17)16(19)14(18)9-11/h2-4,7-9H,5-6H2,1H3. The quantitative estimate of drug-likeness (QED) is 0.617. The van der Waals surface area contributed by atoms with E-state index in [4.69, 9.17) is 4.74 Å².